The molecular weight excluding hydrogens is 380 g/mol. The van der Waals surface area contributed by atoms with Gasteiger partial charge < -0.3 is 20.7 Å². The fourth-order valence-electron chi connectivity index (χ4n) is 4.74. The lowest BCUT2D eigenvalue weighted by molar-refractivity contribution is -0.134. The van der Waals surface area contributed by atoms with Crippen LogP contribution < -0.4 is 16.0 Å². The van der Waals surface area contributed by atoms with E-state index in [-0.39, 0.29) is 23.2 Å². The number of nitrogens with one attached hydrogen (secondary N) is 1. The molecule has 0 unspecified atom stereocenters. The second-order valence-electron chi connectivity index (χ2n) is 8.81. The van der Waals surface area contributed by atoms with Crippen LogP contribution in [0.25, 0.3) is 11.1 Å². The number of ether oxygens (including phenoxy) is 1. The van der Waals surface area contributed by atoms with Gasteiger partial charge in [0.05, 0.1) is 5.56 Å². The van der Waals surface area contributed by atoms with Gasteiger partial charge in [0.2, 0.25) is 0 Å². The summed E-state index contributed by atoms with van der Waals surface area (Å²) in [5, 5.41) is 3.05. The number of carbonyl (C=O) groups is 2. The Hall–Kier alpha value is -2.93. The van der Waals surface area contributed by atoms with Crippen molar-refractivity contribution in [2.75, 3.05) is 36.9 Å². The number of nitrogens with zero attached hydrogens (tertiary/aromatic N) is 2. The summed E-state index contributed by atoms with van der Waals surface area (Å²) in [5.41, 5.74) is 9.64. The summed E-state index contributed by atoms with van der Waals surface area (Å²) in [6, 6.07) is 10.2. The Kier molecular flexibility index (Phi) is 4.70. The van der Waals surface area contributed by atoms with Gasteiger partial charge in [-0.2, -0.15) is 0 Å². The molecule has 0 radical (unpaired) electrons. The van der Waals surface area contributed by atoms with Crippen molar-refractivity contribution in [3.63, 3.8) is 0 Å². The molecule has 1 amide bonds. The van der Waals surface area contributed by atoms with Gasteiger partial charge in [0.1, 0.15) is 11.6 Å². The minimum Gasteiger partial charge on any atom is -0.383 e. The van der Waals surface area contributed by atoms with Crippen LogP contribution in [-0.4, -0.2) is 49.0 Å². The summed E-state index contributed by atoms with van der Waals surface area (Å²) in [6.07, 6.45) is 4.79. The van der Waals surface area contributed by atoms with E-state index < -0.39 is 0 Å². The highest BCUT2D eigenvalue weighted by Gasteiger charge is 2.52. The number of rotatable bonds is 4. The number of benzene rings is 1. The van der Waals surface area contributed by atoms with E-state index in [0.29, 0.717) is 24.6 Å². The highest BCUT2D eigenvalue weighted by molar-refractivity contribution is 5.99. The van der Waals surface area contributed by atoms with Crippen LogP contribution in [0.5, 0.6) is 0 Å². The Morgan fingerprint density at radius 2 is 1.83 bits per heavy atom. The van der Waals surface area contributed by atoms with Crippen molar-refractivity contribution >= 4 is 23.2 Å². The van der Waals surface area contributed by atoms with Crippen LogP contribution in [0.15, 0.2) is 36.5 Å². The number of hydrogen-bond acceptors (Lipinski definition) is 6. The average Bonchev–Trinajstić information content (AvgIpc) is 2.71. The molecule has 30 heavy (non-hydrogen) atoms. The second-order valence-corrected chi connectivity index (χ2v) is 8.81. The predicted molar refractivity (Wildman–Crippen MR) is 114 cm³/mol. The monoisotopic (exact) mass is 406 g/mol. The summed E-state index contributed by atoms with van der Waals surface area (Å²) in [5.74, 6) is 0.435. The lowest BCUT2D eigenvalue weighted by atomic mass is 9.62. The number of carbonyl (C=O) groups excluding carboxylic acids is 2. The number of aromatic nitrogens is 1. The van der Waals surface area contributed by atoms with Gasteiger partial charge in [0, 0.05) is 68.0 Å². The molecule has 1 saturated carbocycles. The summed E-state index contributed by atoms with van der Waals surface area (Å²) in [6.45, 7) is 3.25. The molecule has 3 heterocycles. The predicted octanol–water partition coefficient (Wildman–Crippen LogP) is 2.41. The molecule has 0 atom stereocenters. The number of pyridine rings is 1. The zero-order valence-electron chi connectivity index (χ0n) is 16.9. The van der Waals surface area contributed by atoms with Gasteiger partial charge in [0.25, 0.3) is 5.91 Å². The van der Waals surface area contributed by atoms with Crippen molar-refractivity contribution in [2.24, 2.45) is 5.41 Å². The van der Waals surface area contributed by atoms with Crippen molar-refractivity contribution in [3.8, 4) is 11.1 Å². The van der Waals surface area contributed by atoms with E-state index in [1.165, 1.54) is 0 Å². The maximum Gasteiger partial charge on any atom is 0.255 e. The maximum absolute atomic E-state index is 12.7. The summed E-state index contributed by atoms with van der Waals surface area (Å²) in [4.78, 5) is 30.6. The minimum atomic E-state index is -0.189. The zero-order valence-corrected chi connectivity index (χ0v) is 16.9. The first-order valence-corrected chi connectivity index (χ1v) is 10.5. The van der Waals surface area contributed by atoms with Gasteiger partial charge in [-0.05, 0) is 36.6 Å². The maximum atomic E-state index is 12.7. The van der Waals surface area contributed by atoms with Crippen LogP contribution in [0.3, 0.4) is 0 Å². The highest BCUT2D eigenvalue weighted by atomic mass is 16.5. The number of ketones is 1. The number of amides is 1. The fraction of sp³-hybridized carbons (Fsp3) is 0.435. The van der Waals surface area contributed by atoms with E-state index in [1.807, 2.05) is 18.2 Å². The molecule has 7 nitrogen and oxygen atoms in total. The number of anilines is 2. The third-order valence-corrected chi connectivity index (χ3v) is 6.48. The first kappa shape index (κ1) is 19.1. The van der Waals surface area contributed by atoms with Crippen molar-refractivity contribution in [2.45, 2.75) is 31.7 Å². The largest absolute Gasteiger partial charge is 0.383 e. The van der Waals surface area contributed by atoms with Crippen molar-refractivity contribution < 1.29 is 14.3 Å². The SMILES string of the molecule is Nc1ncc(-c2ccc(N3CC4(CC(=O)C4)C3)cc2)cc1C(=O)NC1CCOCC1. The molecule has 7 heteroatoms. The number of nitrogens with two attached hydrogens (primary N) is 1. The molecule has 0 bridgehead atoms. The number of nitrogen functional groups attached to an aromatic ring is 1. The van der Waals surface area contributed by atoms with Gasteiger partial charge >= 0.3 is 0 Å². The number of Topliss-reactive ketones (excluding diaryl/α,β-unsaturated/α-hetero) is 1. The molecule has 1 spiro atoms. The highest BCUT2D eigenvalue weighted by Crippen LogP contribution is 2.47. The van der Waals surface area contributed by atoms with Crippen LogP contribution in [0.4, 0.5) is 11.5 Å². The topological polar surface area (TPSA) is 97.5 Å². The van der Waals surface area contributed by atoms with Crippen molar-refractivity contribution in [3.05, 3.63) is 42.1 Å². The zero-order chi connectivity index (χ0) is 20.7. The summed E-state index contributed by atoms with van der Waals surface area (Å²) in [7, 11) is 0. The molecule has 2 saturated heterocycles. The fourth-order valence-corrected chi connectivity index (χ4v) is 4.74. The van der Waals surface area contributed by atoms with Crippen molar-refractivity contribution in [1.82, 2.24) is 10.3 Å². The Morgan fingerprint density at radius 3 is 2.50 bits per heavy atom. The Bertz CT molecular complexity index is 966. The minimum absolute atomic E-state index is 0.111. The molecular formula is C23H26N4O3. The third kappa shape index (κ3) is 3.54. The van der Waals surface area contributed by atoms with Gasteiger partial charge in [-0.1, -0.05) is 12.1 Å². The average molecular weight is 406 g/mol. The standard InChI is InChI=1S/C23H26N4O3/c24-21-20(22(29)26-17-5-7-30-8-6-17)9-16(12-25-21)15-1-3-18(4-2-15)27-13-23(14-27)10-19(28)11-23/h1-4,9,12,17H,5-8,10-11,13-14H2,(H2,24,25)(H,26,29). The van der Waals surface area contributed by atoms with E-state index in [0.717, 1.165) is 55.6 Å². The molecule has 1 aromatic heterocycles. The first-order valence-electron chi connectivity index (χ1n) is 10.5. The summed E-state index contributed by atoms with van der Waals surface area (Å²) >= 11 is 0. The van der Waals surface area contributed by atoms with Crippen LogP contribution >= 0.6 is 0 Å². The van der Waals surface area contributed by atoms with E-state index in [2.05, 4.69) is 27.3 Å². The molecule has 3 fully saturated rings. The molecule has 2 aliphatic heterocycles. The lowest BCUT2D eigenvalue weighted by Gasteiger charge is -2.55. The Balaban J connectivity index is 1.28. The van der Waals surface area contributed by atoms with E-state index in [1.54, 1.807) is 6.20 Å². The van der Waals surface area contributed by atoms with Crippen LogP contribution in [-0.2, 0) is 9.53 Å². The quantitative estimate of drug-likeness (QED) is 0.809. The van der Waals surface area contributed by atoms with Gasteiger partial charge in [-0.15, -0.1) is 0 Å². The number of hydrogen-bond donors (Lipinski definition) is 2. The van der Waals surface area contributed by atoms with Gasteiger partial charge in [0.15, 0.2) is 0 Å². The normalized spacial score (nSPS) is 20.5. The van der Waals surface area contributed by atoms with Gasteiger partial charge in [-0.3, -0.25) is 9.59 Å². The summed E-state index contributed by atoms with van der Waals surface area (Å²) < 4.78 is 5.35. The molecule has 3 aliphatic rings. The van der Waals surface area contributed by atoms with Crippen LogP contribution in [0.1, 0.15) is 36.0 Å². The van der Waals surface area contributed by atoms with E-state index in [4.69, 9.17) is 10.5 Å². The molecule has 156 valence electrons. The van der Waals surface area contributed by atoms with Crippen LogP contribution in [0.2, 0.25) is 0 Å². The smallest absolute Gasteiger partial charge is 0.255 e. The molecule has 5 rings (SSSR count). The second kappa shape index (κ2) is 7.40. The lowest BCUT2D eigenvalue weighted by Crippen LogP contribution is -2.62. The molecule has 1 aliphatic carbocycles. The van der Waals surface area contributed by atoms with E-state index in [9.17, 15) is 9.59 Å². The van der Waals surface area contributed by atoms with Gasteiger partial charge in [-0.25, -0.2) is 4.98 Å². The molecule has 2 aromatic rings. The molecule has 3 N–H and O–H groups in total. The first-order chi connectivity index (χ1) is 14.5. The van der Waals surface area contributed by atoms with Crippen molar-refractivity contribution in [1.29, 1.82) is 0 Å². The molecule has 1 aromatic carbocycles. The Morgan fingerprint density at radius 1 is 1.13 bits per heavy atom. The van der Waals surface area contributed by atoms with Crippen LogP contribution in [0, 0.1) is 5.41 Å². The Labute approximate surface area is 175 Å². The third-order valence-electron chi connectivity index (χ3n) is 6.48. The van der Waals surface area contributed by atoms with E-state index >= 15 is 0 Å².